The molecule has 0 aliphatic carbocycles. The van der Waals surface area contributed by atoms with Crippen molar-refractivity contribution in [2.75, 3.05) is 0 Å². The predicted octanol–water partition coefficient (Wildman–Crippen LogP) is 5.07. The lowest BCUT2D eigenvalue weighted by atomic mass is 10.2. The van der Waals surface area contributed by atoms with Crippen molar-refractivity contribution in [3.8, 4) is 5.69 Å². The molecule has 2 heterocycles. The van der Waals surface area contributed by atoms with Crippen LogP contribution in [0.2, 0.25) is 0 Å². The standard InChI is InChI=1S/C23H16N4O3S/c28-22-21-20(18-8-4-5-9-19(18)24-21)25-23(31-14-15-6-2-1-3-7-15)26(22)16-10-12-17(13-11-16)27(29)30/h1-13,24H,14H2. The summed E-state index contributed by atoms with van der Waals surface area (Å²) >= 11 is 1.45. The normalized spacial score (nSPS) is 11.2. The number of aromatic amines is 1. The Bertz CT molecular complexity index is 1470. The van der Waals surface area contributed by atoms with Gasteiger partial charge < -0.3 is 4.98 Å². The third kappa shape index (κ3) is 3.47. The summed E-state index contributed by atoms with van der Waals surface area (Å²) in [4.78, 5) is 32.1. The molecular weight excluding hydrogens is 412 g/mol. The number of thioether (sulfide) groups is 1. The highest BCUT2D eigenvalue weighted by molar-refractivity contribution is 7.98. The summed E-state index contributed by atoms with van der Waals surface area (Å²) < 4.78 is 1.51. The Kier molecular flexibility index (Phi) is 4.76. The maximum Gasteiger partial charge on any atom is 0.283 e. The van der Waals surface area contributed by atoms with Crippen molar-refractivity contribution < 1.29 is 4.92 Å². The van der Waals surface area contributed by atoms with Gasteiger partial charge in [0, 0.05) is 28.8 Å². The van der Waals surface area contributed by atoms with Crippen LogP contribution in [-0.4, -0.2) is 19.5 Å². The van der Waals surface area contributed by atoms with E-state index in [1.54, 1.807) is 12.1 Å². The number of nitro benzene ring substituents is 1. The van der Waals surface area contributed by atoms with Gasteiger partial charge in [0.1, 0.15) is 11.0 Å². The van der Waals surface area contributed by atoms with E-state index in [0.717, 1.165) is 16.5 Å². The summed E-state index contributed by atoms with van der Waals surface area (Å²) in [6.07, 6.45) is 0. The monoisotopic (exact) mass is 428 g/mol. The number of hydrogen-bond acceptors (Lipinski definition) is 5. The van der Waals surface area contributed by atoms with E-state index in [1.807, 2.05) is 54.6 Å². The third-order valence-corrected chi connectivity index (χ3v) is 6.03. The van der Waals surface area contributed by atoms with E-state index < -0.39 is 4.92 Å². The number of benzene rings is 3. The highest BCUT2D eigenvalue weighted by atomic mass is 32.2. The van der Waals surface area contributed by atoms with Gasteiger partial charge >= 0.3 is 0 Å². The van der Waals surface area contributed by atoms with Crippen LogP contribution in [0.4, 0.5) is 5.69 Å². The molecule has 0 bridgehead atoms. The SMILES string of the molecule is O=c1c2[nH]c3ccccc3c2nc(SCc2ccccc2)n1-c1ccc([N+](=O)[O-])cc1. The molecule has 0 atom stereocenters. The molecule has 0 radical (unpaired) electrons. The quantitative estimate of drug-likeness (QED) is 0.183. The van der Waals surface area contributed by atoms with Crippen molar-refractivity contribution in [2.24, 2.45) is 0 Å². The van der Waals surface area contributed by atoms with Crippen molar-refractivity contribution in [1.29, 1.82) is 0 Å². The zero-order valence-corrected chi connectivity index (χ0v) is 17.0. The Morgan fingerprint density at radius 2 is 1.68 bits per heavy atom. The molecule has 2 aromatic heterocycles. The lowest BCUT2D eigenvalue weighted by Crippen LogP contribution is -2.21. The Labute approximate surface area is 180 Å². The minimum atomic E-state index is -0.462. The number of nitrogens with one attached hydrogen (secondary N) is 1. The van der Waals surface area contributed by atoms with Gasteiger partial charge in [0.15, 0.2) is 5.16 Å². The number of aromatic nitrogens is 3. The van der Waals surface area contributed by atoms with Crippen LogP contribution >= 0.6 is 11.8 Å². The fourth-order valence-corrected chi connectivity index (χ4v) is 4.47. The molecule has 8 heteroatoms. The van der Waals surface area contributed by atoms with Gasteiger partial charge in [-0.2, -0.15) is 0 Å². The van der Waals surface area contributed by atoms with Crippen molar-refractivity contribution in [3.05, 3.63) is 105 Å². The second kappa shape index (κ2) is 7.73. The van der Waals surface area contributed by atoms with E-state index in [4.69, 9.17) is 4.98 Å². The van der Waals surface area contributed by atoms with Crippen molar-refractivity contribution in [2.45, 2.75) is 10.9 Å². The van der Waals surface area contributed by atoms with Gasteiger partial charge in [0.25, 0.3) is 11.2 Å². The van der Waals surface area contributed by atoms with E-state index in [9.17, 15) is 14.9 Å². The van der Waals surface area contributed by atoms with Crippen molar-refractivity contribution >= 4 is 39.4 Å². The van der Waals surface area contributed by atoms with E-state index in [-0.39, 0.29) is 11.2 Å². The van der Waals surface area contributed by atoms with Crippen molar-refractivity contribution in [1.82, 2.24) is 14.5 Å². The topological polar surface area (TPSA) is 93.8 Å². The third-order valence-electron chi connectivity index (χ3n) is 5.02. The lowest BCUT2D eigenvalue weighted by Gasteiger charge is -2.12. The Balaban J connectivity index is 1.70. The van der Waals surface area contributed by atoms with Crippen LogP contribution in [0.1, 0.15) is 5.56 Å². The molecule has 0 fully saturated rings. The largest absolute Gasteiger partial charge is 0.349 e. The van der Waals surface area contributed by atoms with Gasteiger partial charge in [0.2, 0.25) is 0 Å². The van der Waals surface area contributed by atoms with Crippen LogP contribution < -0.4 is 5.56 Å². The number of H-pyrrole nitrogens is 1. The molecule has 0 unspecified atom stereocenters. The van der Waals surface area contributed by atoms with Gasteiger partial charge in [-0.25, -0.2) is 4.98 Å². The lowest BCUT2D eigenvalue weighted by molar-refractivity contribution is -0.384. The summed E-state index contributed by atoms with van der Waals surface area (Å²) in [5.74, 6) is 0.633. The first-order valence-corrected chi connectivity index (χ1v) is 10.6. The van der Waals surface area contributed by atoms with Crippen molar-refractivity contribution in [3.63, 3.8) is 0 Å². The maximum atomic E-state index is 13.5. The van der Waals surface area contributed by atoms with Crippen LogP contribution in [0.3, 0.4) is 0 Å². The number of rotatable bonds is 5. The molecule has 0 amide bonds. The summed E-state index contributed by atoms with van der Waals surface area (Å²) in [6.45, 7) is 0. The Morgan fingerprint density at radius 3 is 2.42 bits per heavy atom. The molecule has 5 aromatic rings. The minimum Gasteiger partial charge on any atom is -0.349 e. The highest BCUT2D eigenvalue weighted by Crippen LogP contribution is 2.28. The van der Waals surface area contributed by atoms with E-state index >= 15 is 0 Å². The van der Waals surface area contributed by atoms with E-state index in [0.29, 0.717) is 27.6 Å². The van der Waals surface area contributed by atoms with Crippen LogP contribution in [0.15, 0.2) is 88.8 Å². The second-order valence-electron chi connectivity index (χ2n) is 6.98. The molecule has 0 aliphatic heterocycles. The molecule has 5 rings (SSSR count). The van der Waals surface area contributed by atoms with E-state index in [1.165, 1.54) is 28.5 Å². The molecule has 0 saturated heterocycles. The maximum absolute atomic E-state index is 13.5. The van der Waals surface area contributed by atoms with Gasteiger partial charge in [-0.3, -0.25) is 19.5 Å². The van der Waals surface area contributed by atoms with Crippen LogP contribution in [0, 0.1) is 10.1 Å². The first-order valence-electron chi connectivity index (χ1n) is 9.57. The van der Waals surface area contributed by atoms with Crippen LogP contribution in [-0.2, 0) is 5.75 Å². The average molecular weight is 428 g/mol. The fourth-order valence-electron chi connectivity index (χ4n) is 3.51. The summed E-state index contributed by atoms with van der Waals surface area (Å²) in [5, 5.41) is 12.4. The molecule has 7 nitrogen and oxygen atoms in total. The number of nitro groups is 1. The summed E-state index contributed by atoms with van der Waals surface area (Å²) in [5.41, 5.74) is 3.22. The van der Waals surface area contributed by atoms with Gasteiger partial charge in [-0.05, 0) is 23.8 Å². The number of non-ortho nitro benzene ring substituents is 1. The smallest absolute Gasteiger partial charge is 0.283 e. The molecule has 152 valence electrons. The highest BCUT2D eigenvalue weighted by Gasteiger charge is 2.18. The van der Waals surface area contributed by atoms with Gasteiger partial charge in [-0.1, -0.05) is 60.3 Å². The molecule has 0 aliphatic rings. The van der Waals surface area contributed by atoms with Crippen LogP contribution in [0.5, 0.6) is 0 Å². The minimum absolute atomic E-state index is 0.0325. The number of hydrogen-bond donors (Lipinski definition) is 1. The number of para-hydroxylation sites is 1. The fraction of sp³-hybridized carbons (Fsp3) is 0.0435. The molecule has 0 spiro atoms. The molecular formula is C23H16N4O3S. The summed E-state index contributed by atoms with van der Waals surface area (Å²) in [6, 6.07) is 23.5. The first kappa shape index (κ1) is 19.1. The van der Waals surface area contributed by atoms with Gasteiger partial charge in [0.05, 0.1) is 10.6 Å². The Morgan fingerprint density at radius 1 is 0.968 bits per heavy atom. The number of nitrogens with zero attached hydrogens (tertiary/aromatic N) is 3. The average Bonchev–Trinajstić information content (AvgIpc) is 3.18. The van der Waals surface area contributed by atoms with Crippen LogP contribution in [0.25, 0.3) is 27.6 Å². The van der Waals surface area contributed by atoms with Gasteiger partial charge in [-0.15, -0.1) is 0 Å². The molecule has 0 saturated carbocycles. The van der Waals surface area contributed by atoms with E-state index in [2.05, 4.69) is 4.98 Å². The molecule has 3 aromatic carbocycles. The number of fused-ring (bicyclic) bond motifs is 3. The zero-order chi connectivity index (χ0) is 21.4. The predicted molar refractivity (Wildman–Crippen MR) is 122 cm³/mol. The first-order chi connectivity index (χ1) is 15.1. The Hall–Kier alpha value is -3.91. The molecule has 31 heavy (non-hydrogen) atoms. The molecule has 1 N–H and O–H groups in total. The zero-order valence-electron chi connectivity index (χ0n) is 16.2. The summed E-state index contributed by atoms with van der Waals surface area (Å²) in [7, 11) is 0. The second-order valence-corrected chi connectivity index (χ2v) is 7.92.